The van der Waals surface area contributed by atoms with E-state index in [4.69, 9.17) is 9.84 Å². The molecular formula is C10H17NO4. The van der Waals surface area contributed by atoms with Crippen molar-refractivity contribution >= 4 is 12.4 Å². The van der Waals surface area contributed by atoms with E-state index in [0.29, 0.717) is 19.3 Å². The van der Waals surface area contributed by atoms with Gasteiger partial charge in [0.2, 0.25) is 6.41 Å². The van der Waals surface area contributed by atoms with Crippen LogP contribution in [0.4, 0.5) is 0 Å². The number of carboxylic acid groups (broad SMARTS) is 1. The lowest BCUT2D eigenvalue weighted by Gasteiger charge is -2.18. The predicted molar refractivity (Wildman–Crippen MR) is 53.4 cm³/mol. The summed E-state index contributed by atoms with van der Waals surface area (Å²) >= 11 is 0. The first-order valence-electron chi connectivity index (χ1n) is 5.25. The number of carbonyl (C=O) groups excluding carboxylic acids is 1. The molecule has 1 fully saturated rings. The Bertz CT molecular complexity index is 213. The Balaban J connectivity index is 2.27. The molecule has 5 heteroatoms. The quantitative estimate of drug-likeness (QED) is 0.607. The van der Waals surface area contributed by atoms with Crippen molar-refractivity contribution in [3.8, 4) is 0 Å². The average Bonchev–Trinajstić information content (AvgIpc) is 2.67. The summed E-state index contributed by atoms with van der Waals surface area (Å²) in [4.78, 5) is 20.7. The standard InChI is InChI=1S/C10H17NO4/c12-7-11-8(3-4-10(13)14)6-9-2-1-5-15-9/h7-9H,1-6H2,(H,11,12)(H,13,14). The molecule has 0 saturated carbocycles. The molecule has 0 aliphatic carbocycles. The van der Waals surface area contributed by atoms with Crippen LogP contribution in [0.2, 0.25) is 0 Å². The Kier molecular flexibility index (Phi) is 5.10. The second-order valence-corrected chi connectivity index (χ2v) is 3.78. The third-order valence-electron chi connectivity index (χ3n) is 2.58. The molecule has 0 aromatic carbocycles. The summed E-state index contributed by atoms with van der Waals surface area (Å²) in [6, 6.07) is -0.0818. The van der Waals surface area contributed by atoms with Gasteiger partial charge in [-0.15, -0.1) is 0 Å². The summed E-state index contributed by atoms with van der Waals surface area (Å²) in [5.41, 5.74) is 0. The van der Waals surface area contributed by atoms with Gasteiger partial charge < -0.3 is 15.2 Å². The van der Waals surface area contributed by atoms with Crippen molar-refractivity contribution in [2.45, 2.75) is 44.2 Å². The van der Waals surface area contributed by atoms with E-state index in [1.807, 2.05) is 0 Å². The minimum absolute atomic E-state index is 0.0816. The van der Waals surface area contributed by atoms with Crippen molar-refractivity contribution in [3.63, 3.8) is 0 Å². The molecule has 2 N–H and O–H groups in total. The van der Waals surface area contributed by atoms with Crippen molar-refractivity contribution in [2.75, 3.05) is 6.61 Å². The van der Waals surface area contributed by atoms with Crippen LogP contribution in [0, 0.1) is 0 Å². The predicted octanol–water partition coefficient (Wildman–Crippen LogP) is 0.535. The zero-order valence-corrected chi connectivity index (χ0v) is 8.65. The fourth-order valence-corrected chi connectivity index (χ4v) is 1.81. The molecule has 0 radical (unpaired) electrons. The third kappa shape index (κ3) is 4.78. The maximum absolute atomic E-state index is 10.4. The molecule has 0 aromatic rings. The normalized spacial score (nSPS) is 22.3. The van der Waals surface area contributed by atoms with Crippen LogP contribution >= 0.6 is 0 Å². The van der Waals surface area contributed by atoms with Crippen LogP contribution in [0.3, 0.4) is 0 Å². The van der Waals surface area contributed by atoms with Crippen LogP contribution in [-0.2, 0) is 14.3 Å². The van der Waals surface area contributed by atoms with Gasteiger partial charge >= 0.3 is 5.97 Å². The molecule has 2 atom stereocenters. The Labute approximate surface area is 88.8 Å². The van der Waals surface area contributed by atoms with Gasteiger partial charge in [0.15, 0.2) is 0 Å². The molecule has 1 amide bonds. The lowest BCUT2D eigenvalue weighted by atomic mass is 10.0. The topological polar surface area (TPSA) is 75.6 Å². The Morgan fingerprint density at radius 1 is 1.67 bits per heavy atom. The number of hydrogen-bond donors (Lipinski definition) is 2. The van der Waals surface area contributed by atoms with E-state index in [-0.39, 0.29) is 18.6 Å². The van der Waals surface area contributed by atoms with Crippen LogP contribution in [0.5, 0.6) is 0 Å². The summed E-state index contributed by atoms with van der Waals surface area (Å²) in [5.74, 6) is -0.833. The highest BCUT2D eigenvalue weighted by molar-refractivity contribution is 5.66. The molecule has 1 aliphatic rings. The number of rotatable bonds is 7. The van der Waals surface area contributed by atoms with Gasteiger partial charge in [-0.05, 0) is 25.7 Å². The van der Waals surface area contributed by atoms with Gasteiger partial charge in [0, 0.05) is 19.1 Å². The molecule has 0 bridgehead atoms. The van der Waals surface area contributed by atoms with Crippen LogP contribution < -0.4 is 5.32 Å². The summed E-state index contributed by atoms with van der Waals surface area (Å²) in [5, 5.41) is 11.2. The Morgan fingerprint density at radius 2 is 2.47 bits per heavy atom. The lowest BCUT2D eigenvalue weighted by molar-refractivity contribution is -0.137. The highest BCUT2D eigenvalue weighted by Gasteiger charge is 2.20. The molecule has 1 aliphatic heterocycles. The maximum Gasteiger partial charge on any atom is 0.303 e. The molecule has 1 rings (SSSR count). The van der Waals surface area contributed by atoms with Crippen LogP contribution in [0.15, 0.2) is 0 Å². The second-order valence-electron chi connectivity index (χ2n) is 3.78. The molecule has 86 valence electrons. The third-order valence-corrected chi connectivity index (χ3v) is 2.58. The first kappa shape index (κ1) is 12.0. The monoisotopic (exact) mass is 215 g/mol. The van der Waals surface area contributed by atoms with E-state index in [1.54, 1.807) is 0 Å². The van der Waals surface area contributed by atoms with E-state index in [0.717, 1.165) is 19.4 Å². The van der Waals surface area contributed by atoms with Crippen molar-refractivity contribution < 1.29 is 19.4 Å². The Hall–Kier alpha value is -1.10. The fraction of sp³-hybridized carbons (Fsp3) is 0.800. The van der Waals surface area contributed by atoms with Gasteiger partial charge in [-0.1, -0.05) is 0 Å². The van der Waals surface area contributed by atoms with E-state index < -0.39 is 5.97 Å². The van der Waals surface area contributed by atoms with E-state index >= 15 is 0 Å². The summed E-state index contributed by atoms with van der Waals surface area (Å²) < 4.78 is 5.43. The van der Waals surface area contributed by atoms with Gasteiger partial charge in [0.25, 0.3) is 0 Å². The number of carbonyl (C=O) groups is 2. The number of aliphatic carboxylic acids is 1. The summed E-state index contributed by atoms with van der Waals surface area (Å²) in [6.45, 7) is 0.775. The van der Waals surface area contributed by atoms with E-state index in [2.05, 4.69) is 5.32 Å². The van der Waals surface area contributed by atoms with Crippen molar-refractivity contribution in [3.05, 3.63) is 0 Å². The molecule has 15 heavy (non-hydrogen) atoms. The van der Waals surface area contributed by atoms with Crippen LogP contribution in [0.25, 0.3) is 0 Å². The number of carboxylic acids is 1. The molecule has 0 aromatic heterocycles. The largest absolute Gasteiger partial charge is 0.481 e. The van der Waals surface area contributed by atoms with Crippen molar-refractivity contribution in [2.24, 2.45) is 0 Å². The molecule has 5 nitrogen and oxygen atoms in total. The van der Waals surface area contributed by atoms with Crippen LogP contribution in [-0.4, -0.2) is 36.2 Å². The molecule has 2 unspecified atom stereocenters. The highest BCUT2D eigenvalue weighted by atomic mass is 16.5. The highest BCUT2D eigenvalue weighted by Crippen LogP contribution is 2.18. The van der Waals surface area contributed by atoms with Crippen molar-refractivity contribution in [1.82, 2.24) is 5.32 Å². The number of ether oxygens (including phenoxy) is 1. The summed E-state index contributed by atoms with van der Waals surface area (Å²) in [7, 11) is 0. The van der Waals surface area contributed by atoms with Gasteiger partial charge in [0.1, 0.15) is 0 Å². The number of nitrogens with one attached hydrogen (secondary N) is 1. The van der Waals surface area contributed by atoms with Gasteiger partial charge in [-0.2, -0.15) is 0 Å². The zero-order chi connectivity index (χ0) is 11.1. The Morgan fingerprint density at radius 3 is 3.00 bits per heavy atom. The SMILES string of the molecule is O=CNC(CCC(=O)O)CC1CCCO1. The van der Waals surface area contributed by atoms with Gasteiger partial charge in [-0.25, -0.2) is 0 Å². The zero-order valence-electron chi connectivity index (χ0n) is 8.65. The first-order chi connectivity index (χ1) is 7.22. The fourth-order valence-electron chi connectivity index (χ4n) is 1.81. The number of amides is 1. The van der Waals surface area contributed by atoms with Crippen molar-refractivity contribution in [1.29, 1.82) is 0 Å². The second kappa shape index (κ2) is 6.40. The smallest absolute Gasteiger partial charge is 0.303 e. The molecule has 1 heterocycles. The molecule has 0 spiro atoms. The van der Waals surface area contributed by atoms with E-state index in [9.17, 15) is 9.59 Å². The van der Waals surface area contributed by atoms with Crippen LogP contribution in [0.1, 0.15) is 32.1 Å². The van der Waals surface area contributed by atoms with Gasteiger partial charge in [-0.3, -0.25) is 9.59 Å². The first-order valence-corrected chi connectivity index (χ1v) is 5.25. The minimum Gasteiger partial charge on any atom is -0.481 e. The maximum atomic E-state index is 10.4. The molecular weight excluding hydrogens is 198 g/mol. The lowest BCUT2D eigenvalue weighted by Crippen LogP contribution is -2.32. The summed E-state index contributed by atoms with van der Waals surface area (Å²) in [6.07, 6.45) is 4.12. The number of hydrogen-bond acceptors (Lipinski definition) is 3. The van der Waals surface area contributed by atoms with E-state index in [1.165, 1.54) is 0 Å². The molecule has 1 saturated heterocycles. The van der Waals surface area contributed by atoms with Gasteiger partial charge in [0.05, 0.1) is 6.10 Å². The minimum atomic E-state index is -0.833. The average molecular weight is 215 g/mol.